The summed E-state index contributed by atoms with van der Waals surface area (Å²) in [6, 6.07) is 5.30. The quantitative estimate of drug-likeness (QED) is 0.768. The maximum absolute atomic E-state index is 11.5. The number of hydrogen-bond donors (Lipinski definition) is 2. The molecule has 0 aromatic heterocycles. The van der Waals surface area contributed by atoms with Crippen molar-refractivity contribution < 1.29 is 23.1 Å². The molecule has 0 fully saturated rings. The van der Waals surface area contributed by atoms with Gasteiger partial charge in [0.15, 0.2) is 9.84 Å². The number of carboxylic acid groups (broad SMARTS) is 1. The van der Waals surface area contributed by atoms with Crippen LogP contribution in [-0.2, 0) is 19.4 Å². The molecule has 1 aromatic carbocycles. The number of anilines is 1. The van der Waals surface area contributed by atoms with E-state index >= 15 is 0 Å². The van der Waals surface area contributed by atoms with Crippen molar-refractivity contribution in [2.45, 2.75) is 11.8 Å². The van der Waals surface area contributed by atoms with Crippen LogP contribution in [0.1, 0.15) is 6.92 Å². The van der Waals surface area contributed by atoms with E-state index in [2.05, 4.69) is 5.32 Å². The highest BCUT2D eigenvalue weighted by Gasteiger charge is 2.13. The molecule has 92 valence electrons. The minimum Gasteiger partial charge on any atom is -0.474 e. The van der Waals surface area contributed by atoms with Gasteiger partial charge in [-0.25, -0.2) is 13.2 Å². The van der Waals surface area contributed by atoms with Crippen LogP contribution in [0.15, 0.2) is 29.2 Å². The lowest BCUT2D eigenvalue weighted by Gasteiger charge is -2.04. The predicted octanol–water partition coefficient (Wildman–Crippen LogP) is 0.503. The minimum atomic E-state index is -3.29. The van der Waals surface area contributed by atoms with E-state index in [1.54, 1.807) is 0 Å². The first-order valence-electron chi connectivity index (χ1n) is 4.74. The molecular formula is C10H11NO5S. The fourth-order valence-electron chi connectivity index (χ4n) is 1.10. The predicted molar refractivity (Wildman–Crippen MR) is 60.4 cm³/mol. The molecule has 0 radical (unpaired) electrons. The third-order valence-electron chi connectivity index (χ3n) is 2.05. The van der Waals surface area contributed by atoms with Crippen molar-refractivity contribution in [3.05, 3.63) is 24.3 Å². The maximum atomic E-state index is 11.5. The van der Waals surface area contributed by atoms with Crippen LogP contribution in [0, 0.1) is 0 Å². The van der Waals surface area contributed by atoms with Crippen LogP contribution in [0.2, 0.25) is 0 Å². The summed E-state index contributed by atoms with van der Waals surface area (Å²) in [5.74, 6) is -2.79. The average Bonchev–Trinajstić information content (AvgIpc) is 2.29. The molecular weight excluding hydrogens is 246 g/mol. The van der Waals surface area contributed by atoms with Gasteiger partial charge in [-0.05, 0) is 24.3 Å². The first kappa shape index (κ1) is 13.2. The number of rotatable bonds is 3. The van der Waals surface area contributed by atoms with Gasteiger partial charge in [0.05, 0.1) is 10.6 Å². The van der Waals surface area contributed by atoms with Crippen molar-refractivity contribution >= 4 is 27.4 Å². The number of hydrogen-bond acceptors (Lipinski definition) is 4. The Balaban J connectivity index is 2.90. The SMILES string of the molecule is CCS(=O)(=O)c1ccc(NC(=O)C(=O)O)cc1. The molecule has 1 rings (SSSR count). The number of carboxylic acids is 1. The van der Waals surface area contributed by atoms with E-state index < -0.39 is 21.7 Å². The van der Waals surface area contributed by atoms with Crippen LogP contribution >= 0.6 is 0 Å². The molecule has 0 heterocycles. The van der Waals surface area contributed by atoms with E-state index in [1.165, 1.54) is 31.2 Å². The van der Waals surface area contributed by atoms with E-state index in [9.17, 15) is 18.0 Å². The van der Waals surface area contributed by atoms with E-state index in [-0.39, 0.29) is 16.3 Å². The zero-order valence-electron chi connectivity index (χ0n) is 9.00. The van der Waals surface area contributed by atoms with E-state index in [4.69, 9.17) is 5.11 Å². The summed E-state index contributed by atoms with van der Waals surface area (Å²) >= 11 is 0. The molecule has 0 aliphatic rings. The van der Waals surface area contributed by atoms with Crippen LogP contribution in [0.4, 0.5) is 5.69 Å². The molecule has 0 saturated heterocycles. The number of carbonyl (C=O) groups is 2. The van der Waals surface area contributed by atoms with Gasteiger partial charge in [0.1, 0.15) is 0 Å². The zero-order chi connectivity index (χ0) is 13.1. The number of carbonyl (C=O) groups excluding carboxylic acids is 1. The number of sulfone groups is 1. The molecule has 1 aromatic rings. The van der Waals surface area contributed by atoms with Crippen molar-refractivity contribution in [1.82, 2.24) is 0 Å². The second-order valence-electron chi connectivity index (χ2n) is 3.19. The first-order valence-corrected chi connectivity index (χ1v) is 6.39. The Morgan fingerprint density at radius 1 is 1.24 bits per heavy atom. The maximum Gasteiger partial charge on any atom is 0.394 e. The van der Waals surface area contributed by atoms with Gasteiger partial charge >= 0.3 is 11.9 Å². The molecule has 0 saturated carbocycles. The third kappa shape index (κ3) is 3.28. The number of aliphatic carboxylic acids is 1. The fraction of sp³-hybridized carbons (Fsp3) is 0.200. The molecule has 0 aliphatic carbocycles. The van der Waals surface area contributed by atoms with E-state index in [0.29, 0.717) is 0 Å². The van der Waals surface area contributed by atoms with Gasteiger partial charge in [0.25, 0.3) is 0 Å². The van der Waals surface area contributed by atoms with Crippen molar-refractivity contribution in [3.8, 4) is 0 Å². The molecule has 0 unspecified atom stereocenters. The largest absolute Gasteiger partial charge is 0.474 e. The van der Waals surface area contributed by atoms with Crippen LogP contribution in [0.3, 0.4) is 0 Å². The van der Waals surface area contributed by atoms with Crippen molar-refractivity contribution in [3.63, 3.8) is 0 Å². The Morgan fingerprint density at radius 2 is 1.76 bits per heavy atom. The van der Waals surface area contributed by atoms with Crippen molar-refractivity contribution in [2.75, 3.05) is 11.1 Å². The molecule has 0 atom stereocenters. The monoisotopic (exact) mass is 257 g/mol. The summed E-state index contributed by atoms with van der Waals surface area (Å²) in [7, 11) is -3.29. The highest BCUT2D eigenvalue weighted by Crippen LogP contribution is 2.15. The van der Waals surface area contributed by atoms with E-state index in [0.717, 1.165) is 0 Å². The number of nitrogens with one attached hydrogen (secondary N) is 1. The molecule has 6 nitrogen and oxygen atoms in total. The normalized spacial score (nSPS) is 10.9. The summed E-state index contributed by atoms with van der Waals surface area (Å²) in [6.07, 6.45) is 0. The Morgan fingerprint density at radius 3 is 2.18 bits per heavy atom. The lowest BCUT2D eigenvalue weighted by atomic mass is 10.3. The second-order valence-corrected chi connectivity index (χ2v) is 5.47. The van der Waals surface area contributed by atoms with Gasteiger partial charge in [0.2, 0.25) is 0 Å². The van der Waals surface area contributed by atoms with Gasteiger partial charge in [0, 0.05) is 5.69 Å². The molecule has 0 spiro atoms. The van der Waals surface area contributed by atoms with E-state index in [1.807, 2.05) is 0 Å². The van der Waals surface area contributed by atoms with Gasteiger partial charge in [-0.3, -0.25) is 4.79 Å². The van der Waals surface area contributed by atoms with Gasteiger partial charge in [-0.15, -0.1) is 0 Å². The molecule has 0 aliphatic heterocycles. The van der Waals surface area contributed by atoms with Crippen molar-refractivity contribution in [2.24, 2.45) is 0 Å². The number of benzene rings is 1. The van der Waals surface area contributed by atoms with Gasteiger partial charge in [-0.2, -0.15) is 0 Å². The topological polar surface area (TPSA) is 101 Å². The molecule has 2 N–H and O–H groups in total. The summed E-state index contributed by atoms with van der Waals surface area (Å²) in [6.45, 7) is 1.52. The summed E-state index contributed by atoms with van der Waals surface area (Å²) < 4.78 is 22.9. The van der Waals surface area contributed by atoms with Crippen LogP contribution in [0.25, 0.3) is 0 Å². The smallest absolute Gasteiger partial charge is 0.394 e. The van der Waals surface area contributed by atoms with Crippen molar-refractivity contribution in [1.29, 1.82) is 0 Å². The Kier molecular flexibility index (Phi) is 3.84. The first-order chi connectivity index (χ1) is 7.86. The van der Waals surface area contributed by atoms with Gasteiger partial charge in [-0.1, -0.05) is 6.92 Å². The zero-order valence-corrected chi connectivity index (χ0v) is 9.82. The summed E-state index contributed by atoms with van der Waals surface area (Å²) in [5, 5.41) is 10.5. The Hall–Kier alpha value is -1.89. The lowest BCUT2D eigenvalue weighted by Crippen LogP contribution is -2.21. The van der Waals surface area contributed by atoms with Crippen LogP contribution in [-0.4, -0.2) is 31.2 Å². The Bertz CT molecular complexity index is 532. The minimum absolute atomic E-state index is 0.0200. The highest BCUT2D eigenvalue weighted by molar-refractivity contribution is 7.91. The highest BCUT2D eigenvalue weighted by atomic mass is 32.2. The third-order valence-corrected chi connectivity index (χ3v) is 3.80. The van der Waals surface area contributed by atoms with Crippen LogP contribution < -0.4 is 5.32 Å². The Labute approximate surface area is 98.2 Å². The standard InChI is InChI=1S/C10H11NO5S/c1-2-17(15,16)8-5-3-7(4-6-8)11-9(12)10(13)14/h3-6H,2H2,1H3,(H,11,12)(H,13,14). The average molecular weight is 257 g/mol. The number of amides is 1. The molecule has 7 heteroatoms. The second kappa shape index (κ2) is 4.96. The fourth-order valence-corrected chi connectivity index (χ4v) is 1.98. The molecule has 0 bridgehead atoms. The van der Waals surface area contributed by atoms with Gasteiger partial charge < -0.3 is 10.4 Å². The lowest BCUT2D eigenvalue weighted by molar-refractivity contribution is -0.147. The van der Waals surface area contributed by atoms with Crippen LogP contribution in [0.5, 0.6) is 0 Å². The summed E-state index contributed by atoms with van der Waals surface area (Å²) in [5.41, 5.74) is 0.229. The molecule has 1 amide bonds. The molecule has 17 heavy (non-hydrogen) atoms. The summed E-state index contributed by atoms with van der Waals surface area (Å²) in [4.78, 5) is 21.2.